The molecule has 4 rings (SSSR count). The van der Waals surface area contributed by atoms with Crippen LogP contribution in [0.5, 0.6) is 0 Å². The zero-order valence-corrected chi connectivity index (χ0v) is 18.6. The van der Waals surface area contributed by atoms with Crippen LogP contribution >= 0.6 is 23.1 Å². The highest BCUT2D eigenvalue weighted by atomic mass is 32.2. The van der Waals surface area contributed by atoms with Gasteiger partial charge in [-0.3, -0.25) is 9.36 Å². The predicted molar refractivity (Wildman–Crippen MR) is 121 cm³/mol. The number of carbonyl (C=O) groups is 1. The fourth-order valence-corrected chi connectivity index (χ4v) is 4.71. The molecule has 0 saturated carbocycles. The van der Waals surface area contributed by atoms with Crippen LogP contribution in [0.15, 0.2) is 66.1 Å². The van der Waals surface area contributed by atoms with Gasteiger partial charge in [-0.25, -0.2) is 9.37 Å². The van der Waals surface area contributed by atoms with Crippen molar-refractivity contribution in [3.8, 4) is 5.69 Å². The van der Waals surface area contributed by atoms with Crippen LogP contribution in [0, 0.1) is 5.82 Å². The lowest BCUT2D eigenvalue weighted by Crippen LogP contribution is -2.11. The Labute approximate surface area is 187 Å². The second kappa shape index (κ2) is 9.40. The number of hydrogen-bond acceptors (Lipinski definition) is 6. The molecule has 0 saturated heterocycles. The normalized spacial score (nSPS) is 11.1. The fourth-order valence-electron chi connectivity index (χ4n) is 3.02. The number of para-hydroxylation sites is 1. The molecule has 6 nitrogen and oxygen atoms in total. The van der Waals surface area contributed by atoms with Gasteiger partial charge in [0.05, 0.1) is 11.4 Å². The number of carbonyl (C=O) groups excluding carboxylic acids is 1. The standard InChI is InChI=1S/C22H20FN5OS2/c1-14(2)17-5-3-4-6-18(17)28-12-11-24-22(28)30-13-19-26-27-21(31-19)20(29)25-16-9-7-15(23)8-10-16/h3-12,14H,13H2,1-2H3,(H,25,29). The summed E-state index contributed by atoms with van der Waals surface area (Å²) in [4.78, 5) is 16.9. The van der Waals surface area contributed by atoms with Gasteiger partial charge >= 0.3 is 0 Å². The summed E-state index contributed by atoms with van der Waals surface area (Å²) in [5, 5.41) is 12.6. The number of benzene rings is 2. The number of rotatable bonds is 7. The lowest BCUT2D eigenvalue weighted by Gasteiger charge is -2.15. The topological polar surface area (TPSA) is 72.7 Å². The molecule has 2 aromatic carbocycles. The lowest BCUT2D eigenvalue weighted by molar-refractivity contribution is 0.102. The average Bonchev–Trinajstić information content (AvgIpc) is 3.43. The van der Waals surface area contributed by atoms with Gasteiger partial charge in [0, 0.05) is 18.1 Å². The van der Waals surface area contributed by atoms with Gasteiger partial charge in [0.2, 0.25) is 5.01 Å². The summed E-state index contributed by atoms with van der Waals surface area (Å²) in [6, 6.07) is 13.9. The predicted octanol–water partition coefficient (Wildman–Crippen LogP) is 5.53. The van der Waals surface area contributed by atoms with E-state index >= 15 is 0 Å². The highest BCUT2D eigenvalue weighted by molar-refractivity contribution is 7.98. The first kappa shape index (κ1) is 21.2. The van der Waals surface area contributed by atoms with Crippen LogP contribution in [0.3, 0.4) is 0 Å². The molecule has 0 bridgehead atoms. The molecule has 0 radical (unpaired) electrons. The van der Waals surface area contributed by atoms with Crippen molar-refractivity contribution in [3.05, 3.63) is 82.3 Å². The van der Waals surface area contributed by atoms with Crippen molar-refractivity contribution in [2.45, 2.75) is 30.7 Å². The molecule has 0 aliphatic carbocycles. The molecule has 0 aliphatic rings. The van der Waals surface area contributed by atoms with Gasteiger partial charge in [-0.2, -0.15) is 0 Å². The molecule has 31 heavy (non-hydrogen) atoms. The van der Waals surface area contributed by atoms with E-state index < -0.39 is 0 Å². The second-order valence-corrected chi connectivity index (χ2v) is 9.05. The molecule has 9 heteroatoms. The van der Waals surface area contributed by atoms with Crippen molar-refractivity contribution in [2.24, 2.45) is 0 Å². The molecule has 0 unspecified atom stereocenters. The summed E-state index contributed by atoms with van der Waals surface area (Å²) in [7, 11) is 0. The van der Waals surface area contributed by atoms with Crippen molar-refractivity contribution < 1.29 is 9.18 Å². The Bertz CT molecular complexity index is 1190. The largest absolute Gasteiger partial charge is 0.320 e. The molecule has 0 atom stereocenters. The maximum Gasteiger partial charge on any atom is 0.286 e. The van der Waals surface area contributed by atoms with E-state index in [2.05, 4.69) is 51.0 Å². The van der Waals surface area contributed by atoms with Crippen LogP contribution in [0.25, 0.3) is 5.69 Å². The Morgan fingerprint density at radius 2 is 1.94 bits per heavy atom. The molecule has 0 fully saturated rings. The van der Waals surface area contributed by atoms with E-state index in [1.165, 1.54) is 52.9 Å². The SMILES string of the molecule is CC(C)c1ccccc1-n1ccnc1SCc1nnc(C(=O)Nc2ccc(F)cc2)s1. The molecule has 158 valence electrons. The molecule has 0 aliphatic heterocycles. The van der Waals surface area contributed by atoms with Gasteiger partial charge in [0.15, 0.2) is 5.16 Å². The highest BCUT2D eigenvalue weighted by Crippen LogP contribution is 2.29. The van der Waals surface area contributed by atoms with Crippen LogP contribution in [0.4, 0.5) is 10.1 Å². The van der Waals surface area contributed by atoms with Crippen LogP contribution in [0.2, 0.25) is 0 Å². The summed E-state index contributed by atoms with van der Waals surface area (Å²) in [6.45, 7) is 4.34. The first-order valence-corrected chi connectivity index (χ1v) is 11.5. The zero-order chi connectivity index (χ0) is 21.8. The molecule has 4 aromatic rings. The molecule has 2 aromatic heterocycles. The van der Waals surface area contributed by atoms with Gasteiger partial charge in [0.25, 0.3) is 5.91 Å². The van der Waals surface area contributed by atoms with E-state index in [0.717, 1.165) is 15.9 Å². The summed E-state index contributed by atoms with van der Waals surface area (Å²) in [5.74, 6) is 0.208. The number of hydrogen-bond donors (Lipinski definition) is 1. The Kier molecular flexibility index (Phi) is 6.43. The minimum Gasteiger partial charge on any atom is -0.320 e. The van der Waals surface area contributed by atoms with Gasteiger partial charge < -0.3 is 5.32 Å². The second-order valence-electron chi connectivity index (χ2n) is 7.04. The highest BCUT2D eigenvalue weighted by Gasteiger charge is 2.16. The molecule has 2 heterocycles. The molecular formula is C22H20FN5OS2. The summed E-state index contributed by atoms with van der Waals surface area (Å²) < 4.78 is 15.1. The fraction of sp³-hybridized carbons (Fsp3) is 0.182. The minimum absolute atomic E-state index is 0.258. The Morgan fingerprint density at radius 1 is 1.16 bits per heavy atom. The third-order valence-electron chi connectivity index (χ3n) is 4.51. The number of thioether (sulfide) groups is 1. The molecular weight excluding hydrogens is 433 g/mol. The summed E-state index contributed by atoms with van der Waals surface area (Å²) in [5.41, 5.74) is 2.86. The molecule has 0 spiro atoms. The van der Waals surface area contributed by atoms with E-state index in [4.69, 9.17) is 0 Å². The van der Waals surface area contributed by atoms with Crippen molar-refractivity contribution in [3.63, 3.8) is 0 Å². The number of nitrogens with one attached hydrogen (secondary N) is 1. The van der Waals surface area contributed by atoms with Crippen LogP contribution in [-0.2, 0) is 5.75 Å². The number of anilines is 1. The van der Waals surface area contributed by atoms with Gasteiger partial charge in [-0.1, -0.05) is 55.1 Å². The van der Waals surface area contributed by atoms with Crippen LogP contribution in [0.1, 0.15) is 40.1 Å². The van der Waals surface area contributed by atoms with Crippen LogP contribution in [-0.4, -0.2) is 25.7 Å². The van der Waals surface area contributed by atoms with E-state index in [0.29, 0.717) is 17.4 Å². The van der Waals surface area contributed by atoms with E-state index in [-0.39, 0.29) is 16.7 Å². The van der Waals surface area contributed by atoms with E-state index in [9.17, 15) is 9.18 Å². The molecule has 1 N–H and O–H groups in total. The number of aromatic nitrogens is 4. The summed E-state index contributed by atoms with van der Waals surface area (Å²) in [6.07, 6.45) is 3.73. The lowest BCUT2D eigenvalue weighted by atomic mass is 10.0. The van der Waals surface area contributed by atoms with Crippen molar-refractivity contribution >= 4 is 34.7 Å². The van der Waals surface area contributed by atoms with Gasteiger partial charge in [-0.05, 0) is 41.8 Å². The Morgan fingerprint density at radius 3 is 2.71 bits per heavy atom. The van der Waals surface area contributed by atoms with Gasteiger partial charge in [0.1, 0.15) is 10.8 Å². The number of amides is 1. The number of nitrogens with zero attached hydrogens (tertiary/aromatic N) is 4. The van der Waals surface area contributed by atoms with Crippen molar-refractivity contribution in [1.82, 2.24) is 19.7 Å². The zero-order valence-electron chi connectivity index (χ0n) is 16.9. The number of imidazole rings is 1. The van der Waals surface area contributed by atoms with E-state index in [1.54, 1.807) is 6.20 Å². The van der Waals surface area contributed by atoms with Gasteiger partial charge in [-0.15, -0.1) is 10.2 Å². The average molecular weight is 454 g/mol. The van der Waals surface area contributed by atoms with Crippen LogP contribution < -0.4 is 5.32 Å². The quantitative estimate of drug-likeness (QED) is 0.373. The minimum atomic E-state index is -0.368. The maximum absolute atomic E-state index is 13.0. The number of halogens is 1. The third-order valence-corrected chi connectivity index (χ3v) is 6.60. The summed E-state index contributed by atoms with van der Waals surface area (Å²) >= 11 is 2.77. The molecule has 1 amide bonds. The van der Waals surface area contributed by atoms with Crippen molar-refractivity contribution in [2.75, 3.05) is 5.32 Å². The first-order valence-electron chi connectivity index (χ1n) is 9.66. The third kappa shape index (κ3) is 5.00. The first-order chi connectivity index (χ1) is 15.0. The van der Waals surface area contributed by atoms with Crippen molar-refractivity contribution in [1.29, 1.82) is 0 Å². The Hall–Kier alpha value is -3.04. The van der Waals surface area contributed by atoms with E-state index in [1.807, 2.05) is 18.3 Å². The monoisotopic (exact) mass is 453 g/mol. The maximum atomic E-state index is 13.0. The smallest absolute Gasteiger partial charge is 0.286 e. The Balaban J connectivity index is 1.44.